The Labute approximate surface area is 140 Å². The maximum Gasteiger partial charge on any atom is 0.257 e. The van der Waals surface area contributed by atoms with E-state index in [0.717, 1.165) is 22.3 Å². The average Bonchev–Trinajstić information content (AvgIpc) is 3.04. The van der Waals surface area contributed by atoms with Gasteiger partial charge in [0.25, 0.3) is 11.8 Å². The minimum absolute atomic E-state index is 0.141. The summed E-state index contributed by atoms with van der Waals surface area (Å²) < 4.78 is 5.27. The third-order valence-electron chi connectivity index (χ3n) is 3.99. The fraction of sp³-hybridized carbons (Fsp3) is 0.211. The number of hydrogen-bond donors (Lipinski definition) is 1. The van der Waals surface area contributed by atoms with Crippen molar-refractivity contribution in [2.24, 2.45) is 0 Å². The highest BCUT2D eigenvalue weighted by Gasteiger charge is 2.13. The Kier molecular flexibility index (Phi) is 4.42. The summed E-state index contributed by atoms with van der Waals surface area (Å²) in [6, 6.07) is 13.5. The molecule has 24 heavy (non-hydrogen) atoms. The summed E-state index contributed by atoms with van der Waals surface area (Å²) in [6.45, 7) is 6.15. The third kappa shape index (κ3) is 3.35. The van der Waals surface area contributed by atoms with E-state index in [2.05, 4.69) is 15.5 Å². The fourth-order valence-electron chi connectivity index (χ4n) is 2.47. The number of carbonyl (C=O) groups excluding carboxylic acids is 1. The van der Waals surface area contributed by atoms with Gasteiger partial charge in [0.1, 0.15) is 0 Å². The minimum atomic E-state index is -0.141. The van der Waals surface area contributed by atoms with Crippen LogP contribution in [0.2, 0.25) is 0 Å². The van der Waals surface area contributed by atoms with Crippen LogP contribution in [0.3, 0.4) is 0 Å². The topological polar surface area (TPSA) is 68.0 Å². The Morgan fingerprint density at radius 3 is 2.71 bits per heavy atom. The molecular formula is C19H19N3O2. The molecule has 5 nitrogen and oxygen atoms in total. The maximum atomic E-state index is 12.3. The summed E-state index contributed by atoms with van der Waals surface area (Å²) in [5.74, 6) is 0.762. The summed E-state index contributed by atoms with van der Waals surface area (Å²) in [5.41, 5.74) is 4.72. The van der Waals surface area contributed by atoms with Crippen LogP contribution in [0.4, 0.5) is 0 Å². The molecule has 0 radical (unpaired) electrons. The van der Waals surface area contributed by atoms with Gasteiger partial charge in [-0.15, -0.1) is 0 Å². The molecule has 0 aliphatic carbocycles. The van der Waals surface area contributed by atoms with Gasteiger partial charge in [0.05, 0.1) is 6.54 Å². The zero-order chi connectivity index (χ0) is 17.1. The Bertz CT molecular complexity index is 884. The largest absolute Gasteiger partial charge is 0.345 e. The first-order valence-corrected chi connectivity index (χ1v) is 7.78. The van der Waals surface area contributed by atoms with Crippen molar-refractivity contribution < 1.29 is 9.32 Å². The van der Waals surface area contributed by atoms with Crippen LogP contribution >= 0.6 is 0 Å². The van der Waals surface area contributed by atoms with Gasteiger partial charge in [-0.25, -0.2) is 0 Å². The van der Waals surface area contributed by atoms with Crippen LogP contribution in [0.25, 0.3) is 11.5 Å². The second-order valence-electron chi connectivity index (χ2n) is 5.82. The number of nitrogens with one attached hydrogen (secondary N) is 1. The lowest BCUT2D eigenvalue weighted by Crippen LogP contribution is -2.24. The van der Waals surface area contributed by atoms with Gasteiger partial charge >= 0.3 is 0 Å². The molecule has 0 aliphatic heterocycles. The van der Waals surface area contributed by atoms with Crippen LogP contribution in [-0.4, -0.2) is 16.0 Å². The molecule has 0 aliphatic rings. The highest BCUT2D eigenvalue weighted by atomic mass is 16.5. The van der Waals surface area contributed by atoms with E-state index in [1.54, 1.807) is 0 Å². The molecule has 0 spiro atoms. The van der Waals surface area contributed by atoms with E-state index in [0.29, 0.717) is 17.3 Å². The number of hydrogen-bond acceptors (Lipinski definition) is 4. The summed E-state index contributed by atoms with van der Waals surface area (Å²) in [5, 5.41) is 6.76. The van der Waals surface area contributed by atoms with Crippen molar-refractivity contribution in [1.29, 1.82) is 0 Å². The van der Waals surface area contributed by atoms with Crippen molar-refractivity contribution >= 4 is 5.91 Å². The van der Waals surface area contributed by atoms with Crippen LogP contribution < -0.4 is 5.32 Å². The summed E-state index contributed by atoms with van der Waals surface area (Å²) in [7, 11) is 0. The van der Waals surface area contributed by atoms with Gasteiger partial charge in [-0.2, -0.15) is 4.98 Å². The van der Waals surface area contributed by atoms with E-state index in [1.807, 2.05) is 63.2 Å². The van der Waals surface area contributed by atoms with E-state index in [1.165, 1.54) is 0 Å². The fourth-order valence-corrected chi connectivity index (χ4v) is 2.47. The van der Waals surface area contributed by atoms with Gasteiger partial charge in [-0.3, -0.25) is 4.79 Å². The first-order chi connectivity index (χ1) is 11.5. The maximum absolute atomic E-state index is 12.3. The second-order valence-corrected chi connectivity index (χ2v) is 5.82. The standard InChI is InChI=1S/C19H19N3O2/c1-12-6-4-8-15(10-12)19-21-17(22-24-19)11-20-18(23)16-9-5-7-13(2)14(16)3/h4-10H,11H2,1-3H3,(H,20,23). The van der Waals surface area contributed by atoms with Crippen molar-refractivity contribution in [3.8, 4) is 11.5 Å². The van der Waals surface area contributed by atoms with Gasteiger partial charge in [0.15, 0.2) is 5.82 Å². The number of carbonyl (C=O) groups is 1. The Hall–Kier alpha value is -2.95. The molecule has 3 rings (SSSR count). The molecule has 2 aromatic carbocycles. The molecule has 1 N–H and O–H groups in total. The number of benzene rings is 2. The molecule has 0 fully saturated rings. The van der Waals surface area contributed by atoms with Crippen LogP contribution in [0.1, 0.15) is 32.9 Å². The molecule has 1 aromatic heterocycles. The molecule has 122 valence electrons. The van der Waals surface area contributed by atoms with Crippen LogP contribution in [0.15, 0.2) is 47.0 Å². The SMILES string of the molecule is Cc1cccc(-c2nc(CNC(=O)c3cccc(C)c3C)no2)c1. The molecule has 5 heteroatoms. The van der Waals surface area contributed by atoms with Crippen molar-refractivity contribution in [3.63, 3.8) is 0 Å². The van der Waals surface area contributed by atoms with Crippen LogP contribution in [0.5, 0.6) is 0 Å². The summed E-state index contributed by atoms with van der Waals surface area (Å²) >= 11 is 0. The number of aryl methyl sites for hydroxylation is 2. The molecule has 3 aromatic rings. The summed E-state index contributed by atoms with van der Waals surface area (Å²) in [6.07, 6.45) is 0. The number of rotatable bonds is 4. The average molecular weight is 321 g/mol. The molecular weight excluding hydrogens is 302 g/mol. The van der Waals surface area contributed by atoms with Gasteiger partial charge in [-0.1, -0.05) is 35.0 Å². The van der Waals surface area contributed by atoms with Gasteiger partial charge < -0.3 is 9.84 Å². The van der Waals surface area contributed by atoms with Crippen LogP contribution in [0, 0.1) is 20.8 Å². The highest BCUT2D eigenvalue weighted by molar-refractivity contribution is 5.95. The van der Waals surface area contributed by atoms with E-state index >= 15 is 0 Å². The van der Waals surface area contributed by atoms with Gasteiger partial charge in [-0.05, 0) is 50.1 Å². The van der Waals surface area contributed by atoms with Crippen molar-refractivity contribution in [2.45, 2.75) is 27.3 Å². The lowest BCUT2D eigenvalue weighted by molar-refractivity contribution is 0.0949. The smallest absolute Gasteiger partial charge is 0.257 e. The van der Waals surface area contributed by atoms with Gasteiger partial charge in [0, 0.05) is 11.1 Å². The monoisotopic (exact) mass is 321 g/mol. The van der Waals surface area contributed by atoms with E-state index in [4.69, 9.17) is 4.52 Å². The predicted octanol–water partition coefficient (Wildman–Crippen LogP) is 3.59. The van der Waals surface area contributed by atoms with E-state index < -0.39 is 0 Å². The van der Waals surface area contributed by atoms with Crippen molar-refractivity contribution in [3.05, 3.63) is 70.5 Å². The third-order valence-corrected chi connectivity index (χ3v) is 3.99. The molecule has 0 bridgehead atoms. The normalized spacial score (nSPS) is 10.6. The zero-order valence-electron chi connectivity index (χ0n) is 14.0. The number of amides is 1. The lowest BCUT2D eigenvalue weighted by atomic mass is 10.0. The molecule has 0 saturated heterocycles. The Morgan fingerprint density at radius 2 is 1.92 bits per heavy atom. The molecule has 1 amide bonds. The second kappa shape index (κ2) is 6.66. The predicted molar refractivity (Wildman–Crippen MR) is 91.6 cm³/mol. The first-order valence-electron chi connectivity index (χ1n) is 7.78. The molecule has 0 unspecified atom stereocenters. The van der Waals surface area contributed by atoms with Gasteiger partial charge in [0.2, 0.25) is 0 Å². The number of nitrogens with zero attached hydrogens (tertiary/aromatic N) is 2. The van der Waals surface area contributed by atoms with E-state index in [9.17, 15) is 4.79 Å². The Morgan fingerprint density at radius 1 is 1.12 bits per heavy atom. The first kappa shape index (κ1) is 15.9. The highest BCUT2D eigenvalue weighted by Crippen LogP contribution is 2.18. The van der Waals surface area contributed by atoms with Crippen molar-refractivity contribution in [1.82, 2.24) is 15.5 Å². The molecule has 0 atom stereocenters. The van der Waals surface area contributed by atoms with Crippen molar-refractivity contribution in [2.75, 3.05) is 0 Å². The quantitative estimate of drug-likeness (QED) is 0.797. The van der Waals surface area contributed by atoms with E-state index in [-0.39, 0.29) is 12.5 Å². The molecule has 0 saturated carbocycles. The van der Waals surface area contributed by atoms with Crippen LogP contribution in [-0.2, 0) is 6.54 Å². The number of aromatic nitrogens is 2. The lowest BCUT2D eigenvalue weighted by Gasteiger charge is -2.08. The molecule has 1 heterocycles. The zero-order valence-corrected chi connectivity index (χ0v) is 14.0. The Balaban J connectivity index is 1.69. The minimum Gasteiger partial charge on any atom is -0.345 e. The summed E-state index contributed by atoms with van der Waals surface area (Å²) in [4.78, 5) is 16.6.